The molecule has 1 saturated heterocycles. The lowest BCUT2D eigenvalue weighted by molar-refractivity contribution is -0.137. The van der Waals surface area contributed by atoms with Gasteiger partial charge in [0.05, 0.1) is 16.3 Å². The van der Waals surface area contributed by atoms with E-state index in [2.05, 4.69) is 16.3 Å². The Kier molecular flexibility index (Phi) is 5.74. The molecule has 3 rings (SSSR count). The summed E-state index contributed by atoms with van der Waals surface area (Å²) in [4.78, 5) is 16.4. The number of anilines is 2. The van der Waals surface area contributed by atoms with Gasteiger partial charge in [0.15, 0.2) is 0 Å². The van der Waals surface area contributed by atoms with E-state index in [1.54, 1.807) is 4.90 Å². The van der Waals surface area contributed by atoms with Crippen molar-refractivity contribution in [3.63, 3.8) is 0 Å². The number of hydrogen-bond donors (Lipinski definition) is 1. The van der Waals surface area contributed by atoms with Gasteiger partial charge in [-0.15, -0.1) is 0 Å². The summed E-state index contributed by atoms with van der Waals surface area (Å²) in [6.07, 6.45) is -4.50. The van der Waals surface area contributed by atoms with Crippen molar-refractivity contribution in [2.24, 2.45) is 0 Å². The summed E-state index contributed by atoms with van der Waals surface area (Å²) in [5.74, 6) is 0. The Morgan fingerprint density at radius 1 is 1.18 bits per heavy atom. The lowest BCUT2D eigenvalue weighted by atomic mass is 10.1. The second-order valence-electron chi connectivity index (χ2n) is 6.95. The Bertz CT molecular complexity index is 872. The number of carbonyl (C=O) groups is 1. The second kappa shape index (κ2) is 7.91. The maximum absolute atomic E-state index is 12.9. The minimum atomic E-state index is -4.50. The van der Waals surface area contributed by atoms with Gasteiger partial charge in [-0.3, -0.25) is 0 Å². The van der Waals surface area contributed by atoms with Crippen LogP contribution in [0.3, 0.4) is 0 Å². The van der Waals surface area contributed by atoms with Crippen molar-refractivity contribution in [2.45, 2.75) is 26.1 Å². The van der Waals surface area contributed by atoms with Crippen LogP contribution in [0.15, 0.2) is 42.5 Å². The first-order valence-electron chi connectivity index (χ1n) is 8.91. The quantitative estimate of drug-likeness (QED) is 0.717. The zero-order valence-corrected chi connectivity index (χ0v) is 16.3. The van der Waals surface area contributed by atoms with Crippen LogP contribution in [0.25, 0.3) is 0 Å². The summed E-state index contributed by atoms with van der Waals surface area (Å²) in [5.41, 5.74) is 1.35. The molecule has 0 radical (unpaired) electrons. The molecule has 150 valence electrons. The maximum Gasteiger partial charge on any atom is 0.416 e. The van der Waals surface area contributed by atoms with E-state index in [0.29, 0.717) is 19.6 Å². The zero-order valence-electron chi connectivity index (χ0n) is 15.6. The number of amides is 2. The van der Waals surface area contributed by atoms with Crippen molar-refractivity contribution < 1.29 is 18.0 Å². The number of carbonyl (C=O) groups excluding carboxylic acids is 1. The molecule has 1 aliphatic heterocycles. The van der Waals surface area contributed by atoms with E-state index < -0.39 is 17.8 Å². The minimum Gasteiger partial charge on any atom is -0.365 e. The molecule has 4 nitrogen and oxygen atoms in total. The van der Waals surface area contributed by atoms with Gasteiger partial charge in [0.25, 0.3) is 0 Å². The zero-order chi connectivity index (χ0) is 20.5. The predicted octanol–water partition coefficient (Wildman–Crippen LogP) is 5.41. The molecule has 1 N–H and O–H groups in total. The van der Waals surface area contributed by atoms with Crippen LogP contribution in [0, 0.1) is 6.92 Å². The number of aryl methyl sites for hydroxylation is 1. The third-order valence-electron chi connectivity index (χ3n) is 4.78. The fraction of sp³-hybridized carbons (Fsp3) is 0.350. The van der Waals surface area contributed by atoms with Crippen LogP contribution >= 0.6 is 11.6 Å². The van der Waals surface area contributed by atoms with Gasteiger partial charge in [0.2, 0.25) is 0 Å². The summed E-state index contributed by atoms with van der Waals surface area (Å²) >= 11 is 5.97. The van der Waals surface area contributed by atoms with Gasteiger partial charge in [0, 0.05) is 31.4 Å². The summed E-state index contributed by atoms with van der Waals surface area (Å²) in [7, 11) is 0. The summed E-state index contributed by atoms with van der Waals surface area (Å²) < 4.78 is 38.7. The molecule has 8 heteroatoms. The molecular formula is C20H21ClF3N3O. The van der Waals surface area contributed by atoms with Crippen LogP contribution in [0.4, 0.5) is 29.3 Å². The van der Waals surface area contributed by atoms with E-state index in [-0.39, 0.29) is 16.8 Å². The Morgan fingerprint density at radius 3 is 2.57 bits per heavy atom. The van der Waals surface area contributed by atoms with Gasteiger partial charge in [-0.1, -0.05) is 23.7 Å². The fourth-order valence-corrected chi connectivity index (χ4v) is 3.49. The van der Waals surface area contributed by atoms with Gasteiger partial charge in [-0.2, -0.15) is 13.2 Å². The van der Waals surface area contributed by atoms with Crippen LogP contribution in [-0.4, -0.2) is 36.6 Å². The maximum atomic E-state index is 12.9. The molecule has 28 heavy (non-hydrogen) atoms. The highest BCUT2D eigenvalue weighted by Crippen LogP contribution is 2.34. The first-order chi connectivity index (χ1) is 13.1. The van der Waals surface area contributed by atoms with Gasteiger partial charge in [0.1, 0.15) is 0 Å². The van der Waals surface area contributed by atoms with E-state index in [4.69, 9.17) is 11.6 Å². The highest BCUT2D eigenvalue weighted by molar-refractivity contribution is 6.33. The number of halogens is 4. The first-order valence-corrected chi connectivity index (χ1v) is 9.29. The van der Waals surface area contributed by atoms with Crippen molar-refractivity contribution in [3.8, 4) is 0 Å². The highest BCUT2D eigenvalue weighted by atomic mass is 35.5. The van der Waals surface area contributed by atoms with Crippen LogP contribution in [0.1, 0.15) is 18.1 Å². The SMILES string of the molecule is Cc1cccc(N2CCN(C(=O)Nc3cc(C(F)(F)F)ccc3Cl)C[C@@H]2C)c1. The average molecular weight is 412 g/mol. The van der Waals surface area contributed by atoms with Gasteiger partial charge >= 0.3 is 12.2 Å². The standard InChI is InChI=1S/C20H21ClF3N3O/c1-13-4-3-5-16(10-13)27-9-8-26(12-14(27)2)19(28)25-18-11-15(20(22,23)24)6-7-17(18)21/h3-7,10-11,14H,8-9,12H2,1-2H3,(H,25,28)/t14-/m0/s1. The van der Waals surface area contributed by atoms with Gasteiger partial charge in [-0.05, 0) is 49.7 Å². The second-order valence-corrected chi connectivity index (χ2v) is 7.36. The molecule has 1 aliphatic rings. The van der Waals surface area contributed by atoms with E-state index in [0.717, 1.165) is 29.4 Å². The smallest absolute Gasteiger partial charge is 0.365 e. The van der Waals surface area contributed by atoms with Crippen molar-refractivity contribution >= 4 is 29.0 Å². The molecule has 0 saturated carbocycles. The molecule has 0 aromatic heterocycles. The van der Waals surface area contributed by atoms with Gasteiger partial charge < -0.3 is 15.1 Å². The third kappa shape index (κ3) is 4.52. The van der Waals surface area contributed by atoms with E-state index in [1.807, 2.05) is 32.0 Å². The predicted molar refractivity (Wildman–Crippen MR) is 105 cm³/mol. The van der Waals surface area contributed by atoms with Crippen molar-refractivity contribution in [2.75, 3.05) is 29.9 Å². The molecule has 2 aromatic carbocycles. The molecule has 0 aliphatic carbocycles. The largest absolute Gasteiger partial charge is 0.416 e. The summed E-state index contributed by atoms with van der Waals surface area (Å²) in [6, 6.07) is 10.6. The number of alkyl halides is 3. The lowest BCUT2D eigenvalue weighted by Crippen LogP contribution is -2.54. The Morgan fingerprint density at radius 2 is 1.93 bits per heavy atom. The van der Waals surface area contributed by atoms with Crippen molar-refractivity contribution in [3.05, 3.63) is 58.6 Å². The normalized spacial score (nSPS) is 17.6. The first kappa shape index (κ1) is 20.3. The van der Waals surface area contributed by atoms with Crippen LogP contribution in [0.5, 0.6) is 0 Å². The third-order valence-corrected chi connectivity index (χ3v) is 5.11. The average Bonchev–Trinajstić information content (AvgIpc) is 2.62. The topological polar surface area (TPSA) is 35.6 Å². The van der Waals surface area contributed by atoms with Crippen LogP contribution in [0.2, 0.25) is 5.02 Å². The molecule has 1 fully saturated rings. The number of rotatable bonds is 2. The molecule has 1 atom stereocenters. The Labute approximate surface area is 166 Å². The number of benzene rings is 2. The molecular weight excluding hydrogens is 391 g/mol. The number of urea groups is 1. The molecule has 0 spiro atoms. The van der Waals surface area contributed by atoms with E-state index in [1.165, 1.54) is 0 Å². The monoisotopic (exact) mass is 411 g/mol. The molecule has 1 heterocycles. The number of nitrogens with zero attached hydrogens (tertiary/aromatic N) is 2. The van der Waals surface area contributed by atoms with Crippen molar-refractivity contribution in [1.82, 2.24) is 4.90 Å². The summed E-state index contributed by atoms with van der Waals surface area (Å²) in [6.45, 7) is 5.58. The number of hydrogen-bond acceptors (Lipinski definition) is 2. The molecule has 2 amide bonds. The highest BCUT2D eigenvalue weighted by Gasteiger charge is 2.32. The minimum absolute atomic E-state index is 0.0461. The van der Waals surface area contributed by atoms with Crippen molar-refractivity contribution in [1.29, 1.82) is 0 Å². The summed E-state index contributed by atoms with van der Waals surface area (Å²) in [5, 5.41) is 2.58. The molecule has 0 unspecified atom stereocenters. The lowest BCUT2D eigenvalue weighted by Gasteiger charge is -2.41. The Balaban J connectivity index is 1.68. The van der Waals surface area contributed by atoms with Gasteiger partial charge in [-0.25, -0.2) is 4.79 Å². The molecule has 0 bridgehead atoms. The van der Waals surface area contributed by atoms with Crippen LogP contribution < -0.4 is 10.2 Å². The number of nitrogens with one attached hydrogen (secondary N) is 1. The fourth-order valence-electron chi connectivity index (χ4n) is 3.32. The number of piperazine rings is 1. The molecule has 2 aromatic rings. The van der Waals surface area contributed by atoms with Crippen LogP contribution in [-0.2, 0) is 6.18 Å². The Hall–Kier alpha value is -2.41. The van der Waals surface area contributed by atoms with E-state index in [9.17, 15) is 18.0 Å². The van der Waals surface area contributed by atoms with E-state index >= 15 is 0 Å².